The number of fused-ring (bicyclic) bond motifs is 3. The van der Waals surface area contributed by atoms with Gasteiger partial charge >= 0.3 is 0 Å². The maximum Gasteiger partial charge on any atom is 0.269 e. The predicted octanol–water partition coefficient (Wildman–Crippen LogP) is 3.16. The van der Waals surface area contributed by atoms with E-state index < -0.39 is 4.92 Å². The molecule has 4 aromatic rings. The van der Waals surface area contributed by atoms with E-state index >= 15 is 0 Å². The Morgan fingerprint density at radius 2 is 1.70 bits per heavy atom. The summed E-state index contributed by atoms with van der Waals surface area (Å²) < 4.78 is 1.68. The molecule has 4 rings (SSSR count). The minimum absolute atomic E-state index is 0.0390. The molecule has 0 radical (unpaired) electrons. The van der Waals surface area contributed by atoms with Crippen molar-refractivity contribution in [1.29, 1.82) is 0 Å². The number of nitro benzene ring substituents is 1. The fourth-order valence-electron chi connectivity index (χ4n) is 2.65. The van der Waals surface area contributed by atoms with Crippen molar-refractivity contribution in [2.45, 2.75) is 6.92 Å². The first kappa shape index (κ1) is 13.3. The van der Waals surface area contributed by atoms with Crippen molar-refractivity contribution in [3.63, 3.8) is 0 Å². The lowest BCUT2D eigenvalue weighted by Gasteiger charge is -2.04. The number of rotatable bonds is 2. The summed E-state index contributed by atoms with van der Waals surface area (Å²) in [5.41, 5.74) is 2.30. The van der Waals surface area contributed by atoms with Gasteiger partial charge in [0.2, 0.25) is 0 Å². The number of nitro groups is 1. The van der Waals surface area contributed by atoms with Gasteiger partial charge in [0.15, 0.2) is 11.5 Å². The van der Waals surface area contributed by atoms with E-state index in [2.05, 4.69) is 15.3 Å². The fraction of sp³-hybridized carbons (Fsp3) is 0.0625. The number of hydrogen-bond donors (Lipinski definition) is 0. The summed E-state index contributed by atoms with van der Waals surface area (Å²) >= 11 is 0. The third-order valence-corrected chi connectivity index (χ3v) is 3.78. The largest absolute Gasteiger partial charge is 0.269 e. The van der Waals surface area contributed by atoms with E-state index in [1.54, 1.807) is 16.6 Å². The van der Waals surface area contributed by atoms with Crippen LogP contribution in [-0.4, -0.2) is 24.7 Å². The average Bonchev–Trinajstić information content (AvgIpc) is 2.99. The number of benzene rings is 2. The van der Waals surface area contributed by atoms with Gasteiger partial charge in [-0.25, -0.2) is 0 Å². The first-order chi connectivity index (χ1) is 11.1. The van der Waals surface area contributed by atoms with Crippen LogP contribution in [0.3, 0.4) is 0 Å². The van der Waals surface area contributed by atoms with Crippen LogP contribution in [0.25, 0.3) is 27.8 Å². The second-order valence-corrected chi connectivity index (χ2v) is 5.19. The van der Waals surface area contributed by atoms with Gasteiger partial charge in [0, 0.05) is 28.5 Å². The first-order valence-corrected chi connectivity index (χ1v) is 7.01. The Balaban J connectivity index is 1.96. The van der Waals surface area contributed by atoms with Crippen molar-refractivity contribution in [3.05, 3.63) is 64.3 Å². The molecule has 0 N–H and O–H groups in total. The quantitative estimate of drug-likeness (QED) is 0.419. The normalized spacial score (nSPS) is 11.2. The molecule has 0 amide bonds. The zero-order valence-electron chi connectivity index (χ0n) is 12.2. The van der Waals surface area contributed by atoms with Crippen molar-refractivity contribution >= 4 is 22.1 Å². The van der Waals surface area contributed by atoms with Crippen LogP contribution in [0.4, 0.5) is 5.69 Å². The van der Waals surface area contributed by atoms with Gasteiger partial charge < -0.3 is 0 Å². The van der Waals surface area contributed by atoms with Crippen LogP contribution in [0.1, 0.15) is 5.69 Å². The van der Waals surface area contributed by atoms with Crippen LogP contribution in [0.15, 0.2) is 48.5 Å². The molecule has 0 atom stereocenters. The van der Waals surface area contributed by atoms with Gasteiger partial charge in [0.25, 0.3) is 5.69 Å². The molecular weight excluding hydrogens is 294 g/mol. The lowest BCUT2D eigenvalue weighted by atomic mass is 10.1. The molecule has 2 aromatic heterocycles. The van der Waals surface area contributed by atoms with Crippen LogP contribution >= 0.6 is 0 Å². The highest BCUT2D eigenvalue weighted by molar-refractivity contribution is 5.95. The van der Waals surface area contributed by atoms with Gasteiger partial charge in [-0.3, -0.25) is 10.1 Å². The summed E-state index contributed by atoms with van der Waals surface area (Å²) in [5, 5.41) is 25.8. The molecule has 7 heteroatoms. The van der Waals surface area contributed by atoms with E-state index in [1.165, 1.54) is 12.1 Å². The van der Waals surface area contributed by atoms with Crippen LogP contribution in [-0.2, 0) is 0 Å². The van der Waals surface area contributed by atoms with E-state index in [0.717, 1.165) is 22.0 Å². The third-order valence-electron chi connectivity index (χ3n) is 3.78. The van der Waals surface area contributed by atoms with Crippen LogP contribution in [0.5, 0.6) is 0 Å². The standard InChI is InChI=1S/C16H11N5O2/c1-10-13-4-2-3-5-14(13)16-18-17-15(20(16)19-10)11-6-8-12(9-7-11)21(22)23/h2-9H,1H3. The summed E-state index contributed by atoms with van der Waals surface area (Å²) in [4.78, 5) is 10.3. The molecule has 0 fully saturated rings. The van der Waals surface area contributed by atoms with E-state index in [9.17, 15) is 10.1 Å². The Kier molecular flexibility index (Phi) is 2.80. The first-order valence-electron chi connectivity index (χ1n) is 7.01. The van der Waals surface area contributed by atoms with E-state index in [4.69, 9.17) is 0 Å². The van der Waals surface area contributed by atoms with Gasteiger partial charge in [-0.15, -0.1) is 10.2 Å². The number of aryl methyl sites for hydroxylation is 1. The fourth-order valence-corrected chi connectivity index (χ4v) is 2.65. The Bertz CT molecular complexity index is 1050. The maximum absolute atomic E-state index is 10.8. The molecule has 0 saturated carbocycles. The number of non-ortho nitro benzene ring substituents is 1. The van der Waals surface area contributed by atoms with E-state index in [1.807, 2.05) is 31.2 Å². The highest BCUT2D eigenvalue weighted by Gasteiger charge is 2.14. The van der Waals surface area contributed by atoms with Crippen molar-refractivity contribution in [2.24, 2.45) is 0 Å². The molecule has 0 bridgehead atoms. The maximum atomic E-state index is 10.8. The smallest absolute Gasteiger partial charge is 0.258 e. The summed E-state index contributed by atoms with van der Waals surface area (Å²) in [7, 11) is 0. The Morgan fingerprint density at radius 1 is 1.00 bits per heavy atom. The van der Waals surface area contributed by atoms with Gasteiger partial charge in [0.1, 0.15) is 0 Å². The molecule has 0 aliphatic carbocycles. The second-order valence-electron chi connectivity index (χ2n) is 5.19. The summed E-state index contributed by atoms with van der Waals surface area (Å²) in [6.07, 6.45) is 0. The van der Waals surface area contributed by atoms with Crippen molar-refractivity contribution in [1.82, 2.24) is 19.8 Å². The minimum Gasteiger partial charge on any atom is -0.258 e. The molecule has 0 aliphatic heterocycles. The van der Waals surface area contributed by atoms with Gasteiger partial charge in [0.05, 0.1) is 10.6 Å². The predicted molar refractivity (Wildman–Crippen MR) is 85.1 cm³/mol. The van der Waals surface area contributed by atoms with Crippen molar-refractivity contribution in [2.75, 3.05) is 0 Å². The summed E-state index contributed by atoms with van der Waals surface area (Å²) in [5.74, 6) is 0.559. The highest BCUT2D eigenvalue weighted by Crippen LogP contribution is 2.25. The molecule has 0 unspecified atom stereocenters. The van der Waals surface area contributed by atoms with Crippen LogP contribution < -0.4 is 0 Å². The van der Waals surface area contributed by atoms with Crippen LogP contribution in [0.2, 0.25) is 0 Å². The molecule has 0 spiro atoms. The third kappa shape index (κ3) is 2.02. The zero-order chi connectivity index (χ0) is 16.0. The minimum atomic E-state index is -0.429. The van der Waals surface area contributed by atoms with Gasteiger partial charge in [-0.05, 0) is 19.1 Å². The van der Waals surface area contributed by atoms with Crippen LogP contribution in [0, 0.1) is 17.0 Å². The number of aromatic nitrogens is 4. The van der Waals surface area contributed by atoms with Crippen molar-refractivity contribution < 1.29 is 4.92 Å². The average molecular weight is 305 g/mol. The lowest BCUT2D eigenvalue weighted by molar-refractivity contribution is -0.384. The molecule has 23 heavy (non-hydrogen) atoms. The molecular formula is C16H11N5O2. The Hall–Kier alpha value is -3.35. The Labute approximate surface area is 130 Å². The number of nitrogens with zero attached hydrogens (tertiary/aromatic N) is 5. The lowest BCUT2D eigenvalue weighted by Crippen LogP contribution is -1.99. The summed E-state index contributed by atoms with van der Waals surface area (Å²) in [6.45, 7) is 1.93. The van der Waals surface area contributed by atoms with E-state index in [0.29, 0.717) is 11.5 Å². The molecule has 2 aromatic carbocycles. The zero-order valence-corrected chi connectivity index (χ0v) is 12.2. The monoisotopic (exact) mass is 305 g/mol. The molecule has 112 valence electrons. The topological polar surface area (TPSA) is 86.2 Å². The van der Waals surface area contributed by atoms with Crippen molar-refractivity contribution in [3.8, 4) is 11.4 Å². The Morgan fingerprint density at radius 3 is 2.39 bits per heavy atom. The van der Waals surface area contributed by atoms with E-state index in [-0.39, 0.29) is 5.69 Å². The number of hydrogen-bond acceptors (Lipinski definition) is 5. The van der Waals surface area contributed by atoms with Gasteiger partial charge in [-0.2, -0.15) is 9.61 Å². The van der Waals surface area contributed by atoms with Gasteiger partial charge in [-0.1, -0.05) is 24.3 Å². The molecule has 0 saturated heterocycles. The highest BCUT2D eigenvalue weighted by atomic mass is 16.6. The molecule has 7 nitrogen and oxygen atoms in total. The summed E-state index contributed by atoms with van der Waals surface area (Å²) in [6, 6.07) is 14.1. The molecule has 2 heterocycles. The second kappa shape index (κ2) is 4.84. The SMILES string of the molecule is Cc1nn2c(-c3ccc([N+](=O)[O-])cc3)nnc2c2ccccc12. The molecule has 0 aliphatic rings.